The van der Waals surface area contributed by atoms with Crippen molar-refractivity contribution < 1.29 is 9.32 Å². The number of carbonyl (C=O) groups is 1. The van der Waals surface area contributed by atoms with Crippen LogP contribution in [0.3, 0.4) is 0 Å². The molecule has 6 nitrogen and oxygen atoms in total. The number of hydrogen-bond donors (Lipinski definition) is 1. The summed E-state index contributed by atoms with van der Waals surface area (Å²) in [6.07, 6.45) is 3.24. The van der Waals surface area contributed by atoms with Gasteiger partial charge in [0.05, 0.1) is 10.9 Å². The maximum atomic E-state index is 12.6. The summed E-state index contributed by atoms with van der Waals surface area (Å²) in [6, 6.07) is 14.1. The number of aromatic nitrogens is 2. The summed E-state index contributed by atoms with van der Waals surface area (Å²) >= 11 is 1.57. The molecule has 28 heavy (non-hydrogen) atoms. The fraction of sp³-hybridized carbons (Fsp3) is 0.381. The van der Waals surface area contributed by atoms with E-state index in [0.717, 1.165) is 30.1 Å². The molecule has 7 heteroatoms. The molecule has 3 heterocycles. The van der Waals surface area contributed by atoms with Crippen LogP contribution in [-0.2, 0) is 11.2 Å². The number of amides is 1. The molecule has 1 amide bonds. The zero-order valence-electron chi connectivity index (χ0n) is 15.7. The molecule has 2 aromatic heterocycles. The number of nitrogens with zero attached hydrogens (tertiary/aromatic N) is 3. The van der Waals surface area contributed by atoms with Crippen molar-refractivity contribution in [1.29, 1.82) is 0 Å². The lowest BCUT2D eigenvalue weighted by molar-refractivity contribution is -0.122. The van der Waals surface area contributed by atoms with Gasteiger partial charge in [0.1, 0.15) is 0 Å². The monoisotopic (exact) mass is 396 g/mol. The van der Waals surface area contributed by atoms with E-state index >= 15 is 0 Å². The average molecular weight is 397 g/mol. The quantitative estimate of drug-likeness (QED) is 0.629. The first-order valence-corrected chi connectivity index (χ1v) is 10.6. The van der Waals surface area contributed by atoms with Gasteiger partial charge in [-0.15, -0.1) is 11.3 Å². The molecule has 0 bridgehead atoms. The number of hydrogen-bond acceptors (Lipinski definition) is 6. The summed E-state index contributed by atoms with van der Waals surface area (Å²) in [4.78, 5) is 20.4. The molecule has 4 rings (SSSR count). The topological polar surface area (TPSA) is 71.3 Å². The Morgan fingerprint density at radius 1 is 1.18 bits per heavy atom. The molecule has 1 saturated heterocycles. The molecular weight excluding hydrogens is 372 g/mol. The van der Waals surface area contributed by atoms with E-state index in [1.54, 1.807) is 11.3 Å². The fourth-order valence-electron chi connectivity index (χ4n) is 3.49. The molecule has 1 aromatic carbocycles. The van der Waals surface area contributed by atoms with Gasteiger partial charge in [0.2, 0.25) is 17.6 Å². The predicted octanol–water partition coefficient (Wildman–Crippen LogP) is 3.68. The van der Waals surface area contributed by atoms with Crippen molar-refractivity contribution in [3.63, 3.8) is 0 Å². The van der Waals surface area contributed by atoms with Crippen LogP contribution >= 0.6 is 11.3 Å². The Bertz CT molecular complexity index is 873. The van der Waals surface area contributed by atoms with Crippen LogP contribution in [0.25, 0.3) is 10.7 Å². The molecule has 1 N–H and O–H groups in total. The second-order valence-electron chi connectivity index (χ2n) is 7.03. The summed E-state index contributed by atoms with van der Waals surface area (Å²) < 4.78 is 5.29. The highest BCUT2D eigenvalue weighted by Crippen LogP contribution is 2.22. The molecule has 0 saturated carbocycles. The number of carbonyl (C=O) groups excluding carboxylic acids is 1. The van der Waals surface area contributed by atoms with Gasteiger partial charge in [-0.25, -0.2) is 0 Å². The predicted molar refractivity (Wildman–Crippen MR) is 109 cm³/mol. The van der Waals surface area contributed by atoms with Crippen molar-refractivity contribution in [1.82, 2.24) is 20.4 Å². The van der Waals surface area contributed by atoms with Crippen LogP contribution in [0.15, 0.2) is 52.4 Å². The summed E-state index contributed by atoms with van der Waals surface area (Å²) in [5.74, 6) is 1.08. The minimum Gasteiger partial charge on any atom is -0.348 e. The maximum absolute atomic E-state index is 12.6. The van der Waals surface area contributed by atoms with Crippen LogP contribution in [0, 0.1) is 0 Å². The molecular formula is C21H24N4O2S. The van der Waals surface area contributed by atoms with Crippen molar-refractivity contribution in [2.45, 2.75) is 31.7 Å². The lowest BCUT2D eigenvalue weighted by Crippen LogP contribution is -2.37. The van der Waals surface area contributed by atoms with Crippen LogP contribution < -0.4 is 5.32 Å². The van der Waals surface area contributed by atoms with E-state index in [9.17, 15) is 4.79 Å². The van der Waals surface area contributed by atoms with Gasteiger partial charge in [-0.05, 0) is 42.9 Å². The van der Waals surface area contributed by atoms with Crippen molar-refractivity contribution in [2.24, 2.45) is 0 Å². The second-order valence-corrected chi connectivity index (χ2v) is 7.98. The molecule has 146 valence electrons. The van der Waals surface area contributed by atoms with E-state index in [0.29, 0.717) is 24.6 Å². The number of benzene rings is 1. The molecule has 0 spiro atoms. The van der Waals surface area contributed by atoms with Crippen LogP contribution in [-0.4, -0.2) is 40.6 Å². The summed E-state index contributed by atoms with van der Waals surface area (Å²) in [6.45, 7) is 3.05. The van der Waals surface area contributed by atoms with Gasteiger partial charge in [0.15, 0.2) is 0 Å². The molecule has 0 aliphatic carbocycles. The van der Waals surface area contributed by atoms with Crippen LogP contribution in [0.4, 0.5) is 0 Å². The Kier molecular flexibility index (Phi) is 6.14. The Labute approximate surface area is 168 Å². The van der Waals surface area contributed by atoms with Gasteiger partial charge in [-0.3, -0.25) is 4.79 Å². The molecule has 1 atom stereocenters. The van der Waals surface area contributed by atoms with Crippen molar-refractivity contribution >= 4 is 17.2 Å². The standard InChI is InChI=1S/C21H24N4O2S/c26-19(10-11-20-23-21(24-27-20)18-9-6-14-28-18)22-17(15-25-12-4-5-13-25)16-7-2-1-3-8-16/h1-3,6-9,14,17H,4-5,10-13,15H2,(H,22,26). The highest BCUT2D eigenvalue weighted by Gasteiger charge is 2.21. The zero-order valence-corrected chi connectivity index (χ0v) is 16.5. The van der Waals surface area contributed by atoms with Crippen molar-refractivity contribution in [3.8, 4) is 10.7 Å². The third kappa shape index (κ3) is 4.85. The number of nitrogens with one attached hydrogen (secondary N) is 1. The third-order valence-electron chi connectivity index (χ3n) is 4.95. The summed E-state index contributed by atoms with van der Waals surface area (Å²) in [5.41, 5.74) is 1.14. The molecule has 1 unspecified atom stereocenters. The van der Waals surface area contributed by atoms with E-state index in [1.165, 1.54) is 12.8 Å². The number of thiophene rings is 1. The highest BCUT2D eigenvalue weighted by atomic mass is 32.1. The number of aryl methyl sites for hydroxylation is 1. The summed E-state index contributed by atoms with van der Waals surface area (Å²) in [7, 11) is 0. The molecule has 1 aliphatic rings. The molecule has 0 radical (unpaired) electrons. The second kappa shape index (κ2) is 9.12. The SMILES string of the molecule is O=C(CCc1nc(-c2cccs2)no1)NC(CN1CCCC1)c1ccccc1. The normalized spacial score (nSPS) is 15.6. The van der Waals surface area contributed by atoms with Gasteiger partial charge >= 0.3 is 0 Å². The van der Waals surface area contributed by atoms with E-state index < -0.39 is 0 Å². The van der Waals surface area contributed by atoms with Crippen LogP contribution in [0.2, 0.25) is 0 Å². The van der Waals surface area contributed by atoms with E-state index in [4.69, 9.17) is 4.52 Å². The molecule has 3 aromatic rings. The molecule has 1 fully saturated rings. The first-order chi connectivity index (χ1) is 13.8. The van der Waals surface area contributed by atoms with E-state index in [-0.39, 0.29) is 11.9 Å². The van der Waals surface area contributed by atoms with Crippen molar-refractivity contribution in [2.75, 3.05) is 19.6 Å². The number of likely N-dealkylation sites (tertiary alicyclic amines) is 1. The largest absolute Gasteiger partial charge is 0.348 e. The minimum absolute atomic E-state index is 0.00355. The van der Waals surface area contributed by atoms with Gasteiger partial charge in [0.25, 0.3) is 0 Å². The lowest BCUT2D eigenvalue weighted by Gasteiger charge is -2.25. The van der Waals surface area contributed by atoms with Gasteiger partial charge in [-0.2, -0.15) is 4.98 Å². The highest BCUT2D eigenvalue weighted by molar-refractivity contribution is 7.13. The fourth-order valence-corrected chi connectivity index (χ4v) is 4.14. The summed E-state index contributed by atoms with van der Waals surface area (Å²) in [5, 5.41) is 9.17. The van der Waals surface area contributed by atoms with E-state index in [1.807, 2.05) is 35.7 Å². The van der Waals surface area contributed by atoms with Gasteiger partial charge < -0.3 is 14.7 Å². The average Bonchev–Trinajstić information content (AvgIpc) is 3.48. The maximum Gasteiger partial charge on any atom is 0.227 e. The Hall–Kier alpha value is -2.51. The van der Waals surface area contributed by atoms with Crippen LogP contribution in [0.1, 0.15) is 36.8 Å². The van der Waals surface area contributed by atoms with Crippen molar-refractivity contribution in [3.05, 3.63) is 59.3 Å². The Balaban J connectivity index is 1.34. The first-order valence-electron chi connectivity index (χ1n) is 9.71. The zero-order chi connectivity index (χ0) is 19.2. The van der Waals surface area contributed by atoms with Gasteiger partial charge in [-0.1, -0.05) is 41.6 Å². The Morgan fingerprint density at radius 2 is 2.00 bits per heavy atom. The van der Waals surface area contributed by atoms with Crippen LogP contribution in [0.5, 0.6) is 0 Å². The third-order valence-corrected chi connectivity index (χ3v) is 5.82. The van der Waals surface area contributed by atoms with Gasteiger partial charge in [0, 0.05) is 19.4 Å². The smallest absolute Gasteiger partial charge is 0.227 e. The first kappa shape index (κ1) is 18.8. The number of rotatable bonds is 8. The Morgan fingerprint density at radius 3 is 2.75 bits per heavy atom. The van der Waals surface area contributed by atoms with E-state index in [2.05, 4.69) is 32.5 Å². The molecule has 1 aliphatic heterocycles. The minimum atomic E-state index is -0.00355. The lowest BCUT2D eigenvalue weighted by atomic mass is 10.1.